The minimum atomic E-state index is -0.239. The largest absolute Gasteiger partial charge is 0.510 e. The van der Waals surface area contributed by atoms with Gasteiger partial charge < -0.3 is 13.9 Å². The van der Waals surface area contributed by atoms with E-state index >= 15 is 0 Å². The van der Waals surface area contributed by atoms with Crippen LogP contribution >= 0.6 is 0 Å². The monoisotopic (exact) mass is 1050 g/mol. The molecule has 0 atom stereocenters. The van der Waals surface area contributed by atoms with Crippen molar-refractivity contribution in [3.63, 3.8) is 0 Å². The van der Waals surface area contributed by atoms with E-state index in [-0.39, 0.29) is 37.3 Å². The Labute approximate surface area is 409 Å². The van der Waals surface area contributed by atoms with E-state index in [1.807, 2.05) is 18.3 Å². The summed E-state index contributed by atoms with van der Waals surface area (Å²) in [5.74, 6) is 1.98. The fourth-order valence-electron chi connectivity index (χ4n) is 8.94. The molecule has 0 saturated carbocycles. The van der Waals surface area contributed by atoms with Crippen LogP contribution < -0.4 is 9.30 Å². The van der Waals surface area contributed by atoms with Gasteiger partial charge in [-0.1, -0.05) is 176 Å². The van der Waals surface area contributed by atoms with E-state index in [1.54, 1.807) is 0 Å². The molecule has 6 heteroatoms. The molecule has 5 nitrogen and oxygen atoms in total. The molecular formula is C61H54N4OPt-2. The van der Waals surface area contributed by atoms with Gasteiger partial charge in [-0.15, -0.1) is 35.2 Å². The second-order valence-corrected chi connectivity index (χ2v) is 19.9. The van der Waals surface area contributed by atoms with E-state index < -0.39 is 0 Å². The molecule has 67 heavy (non-hydrogen) atoms. The van der Waals surface area contributed by atoms with Crippen molar-refractivity contribution in [2.24, 2.45) is 0 Å². The van der Waals surface area contributed by atoms with Gasteiger partial charge in [0.05, 0.1) is 11.4 Å². The number of para-hydroxylation sites is 1. The number of pyridine rings is 1. The predicted octanol–water partition coefficient (Wildman–Crippen LogP) is 14.7. The van der Waals surface area contributed by atoms with Gasteiger partial charge in [-0.3, -0.25) is 4.57 Å². The van der Waals surface area contributed by atoms with E-state index in [4.69, 9.17) is 9.72 Å². The zero-order chi connectivity index (χ0) is 45.8. The van der Waals surface area contributed by atoms with Gasteiger partial charge in [-0.05, 0) is 85.6 Å². The average molecular weight is 1050 g/mol. The average Bonchev–Trinajstić information content (AvgIpc) is 3.93. The van der Waals surface area contributed by atoms with Gasteiger partial charge in [0.25, 0.3) is 6.33 Å². The summed E-state index contributed by atoms with van der Waals surface area (Å²) in [6, 6.07) is 67.2. The first-order chi connectivity index (χ1) is 31.7. The van der Waals surface area contributed by atoms with Crippen molar-refractivity contribution in [2.45, 2.75) is 71.6 Å². The van der Waals surface area contributed by atoms with Gasteiger partial charge in [-0.2, -0.15) is 12.1 Å². The summed E-state index contributed by atoms with van der Waals surface area (Å²) in [4.78, 5) is 4.97. The van der Waals surface area contributed by atoms with Crippen LogP contribution in [0.2, 0.25) is 0 Å². The zero-order valence-corrected chi connectivity index (χ0v) is 41.6. The molecule has 10 rings (SSSR count). The van der Waals surface area contributed by atoms with Crippen LogP contribution in [0.1, 0.15) is 77.8 Å². The predicted molar refractivity (Wildman–Crippen MR) is 269 cm³/mol. The van der Waals surface area contributed by atoms with E-state index in [0.717, 1.165) is 55.8 Å². The second-order valence-electron chi connectivity index (χ2n) is 19.9. The summed E-state index contributed by atoms with van der Waals surface area (Å²) in [5, 5.41) is 2.20. The number of ether oxygens (including phenoxy) is 1. The minimum absolute atomic E-state index is 0. The normalized spacial score (nSPS) is 12.1. The molecule has 0 fully saturated rings. The maximum Gasteiger partial charge on any atom is 0.267 e. The van der Waals surface area contributed by atoms with Crippen LogP contribution in [0.3, 0.4) is 0 Å². The Morgan fingerprint density at radius 1 is 0.522 bits per heavy atom. The standard InChI is InChI=1S/C61H54N4O.Pt/c1-59(2,3)48-32-44(42-20-12-9-13-21-42)33-49(36-48)63-40-57(60(4,5)6)64(41-63)50-34-45(43-22-14-10-15-23-43)35-52(38-50)66-51-28-29-54-53-26-18-19-27-55(53)65(56(54)39-51)58-37-47(30-31-62-58)61(7,8)46-24-16-11-17-25-46;/h9-37,40H,1-8H3;/q-2;. The Morgan fingerprint density at radius 3 is 1.84 bits per heavy atom. The van der Waals surface area contributed by atoms with Crippen LogP contribution in [-0.2, 0) is 37.3 Å². The quantitative estimate of drug-likeness (QED) is 0.107. The number of aromatic nitrogens is 4. The summed E-state index contributed by atoms with van der Waals surface area (Å²) < 4.78 is 13.4. The number of hydrogen-bond acceptors (Lipinski definition) is 2. The Balaban J connectivity index is 0.00000562. The molecule has 3 heterocycles. The second kappa shape index (κ2) is 17.8. The molecule has 0 aliphatic rings. The zero-order valence-electron chi connectivity index (χ0n) is 39.3. The molecule has 0 amide bonds. The number of imidazole rings is 1. The third-order valence-corrected chi connectivity index (χ3v) is 12.8. The maximum absolute atomic E-state index is 6.89. The fourth-order valence-corrected chi connectivity index (χ4v) is 8.94. The molecule has 0 aliphatic carbocycles. The summed E-state index contributed by atoms with van der Waals surface area (Å²) in [6.45, 7) is 18.1. The molecule has 0 aliphatic heterocycles. The van der Waals surface area contributed by atoms with Gasteiger partial charge in [0.1, 0.15) is 5.82 Å². The van der Waals surface area contributed by atoms with Gasteiger partial charge in [0.2, 0.25) is 0 Å². The first-order valence-electron chi connectivity index (χ1n) is 22.8. The molecule has 0 bridgehead atoms. The number of hydrogen-bond donors (Lipinski definition) is 0. The van der Waals surface area contributed by atoms with Crippen LogP contribution in [0.5, 0.6) is 11.5 Å². The molecule has 0 spiro atoms. The van der Waals surface area contributed by atoms with Gasteiger partial charge >= 0.3 is 0 Å². The van der Waals surface area contributed by atoms with Crippen molar-refractivity contribution >= 4 is 21.8 Å². The van der Waals surface area contributed by atoms with Crippen LogP contribution in [0, 0.1) is 18.5 Å². The third kappa shape index (κ3) is 8.94. The summed E-state index contributed by atoms with van der Waals surface area (Å²) in [6.07, 6.45) is 7.90. The SMILES string of the molecule is CC(C)(C)c1cc(-c2ccccc2)cc(-[n+]2[c-]n(-c3[c-]c(Oc4[c-]c5c(cc4)c4ccccc4n5-c4cc(C(C)(C)c5ccccc5)ccn4)cc(-c4ccccc4)c3)c(C(C)(C)C)c2)c1.[Pt]. The van der Waals surface area contributed by atoms with E-state index in [0.29, 0.717) is 11.5 Å². The van der Waals surface area contributed by atoms with E-state index in [9.17, 15) is 0 Å². The smallest absolute Gasteiger partial charge is 0.267 e. The molecule has 7 aromatic carbocycles. The van der Waals surface area contributed by atoms with E-state index in [2.05, 4.69) is 251 Å². The van der Waals surface area contributed by atoms with Crippen molar-refractivity contribution in [1.82, 2.24) is 14.1 Å². The van der Waals surface area contributed by atoms with Crippen LogP contribution in [0.4, 0.5) is 0 Å². The number of benzene rings is 7. The number of nitrogens with zero attached hydrogens (tertiary/aromatic N) is 4. The Kier molecular flexibility index (Phi) is 12.0. The number of fused-ring (bicyclic) bond motifs is 3. The first-order valence-corrected chi connectivity index (χ1v) is 22.8. The van der Waals surface area contributed by atoms with Crippen LogP contribution in [0.15, 0.2) is 182 Å². The first kappa shape index (κ1) is 45.3. The Bertz CT molecular complexity index is 3370. The molecule has 0 unspecified atom stereocenters. The van der Waals surface area contributed by atoms with Crippen molar-refractivity contribution < 1.29 is 30.4 Å². The minimum Gasteiger partial charge on any atom is -0.510 e. The molecule has 10 aromatic rings. The maximum atomic E-state index is 6.89. The molecule has 0 radical (unpaired) electrons. The van der Waals surface area contributed by atoms with E-state index in [1.165, 1.54) is 27.8 Å². The molecule has 336 valence electrons. The summed E-state index contributed by atoms with van der Waals surface area (Å²) in [5.41, 5.74) is 12.5. The van der Waals surface area contributed by atoms with Crippen molar-refractivity contribution in [3.05, 3.63) is 223 Å². The fraction of sp³-hybridized carbons (Fsp3) is 0.180. The van der Waals surface area contributed by atoms with Gasteiger partial charge in [0, 0.05) is 55.9 Å². The van der Waals surface area contributed by atoms with Crippen LogP contribution in [0.25, 0.3) is 61.3 Å². The Hall–Kier alpha value is -6.81. The van der Waals surface area contributed by atoms with Crippen LogP contribution in [-0.4, -0.2) is 14.1 Å². The van der Waals surface area contributed by atoms with Crippen molar-refractivity contribution in [1.29, 1.82) is 0 Å². The number of rotatable bonds is 9. The summed E-state index contributed by atoms with van der Waals surface area (Å²) in [7, 11) is 0. The summed E-state index contributed by atoms with van der Waals surface area (Å²) >= 11 is 0. The van der Waals surface area contributed by atoms with Gasteiger partial charge in [-0.25, -0.2) is 4.98 Å². The molecule has 3 aromatic heterocycles. The topological polar surface area (TPSA) is 35.9 Å². The molecule has 0 N–H and O–H groups in total. The van der Waals surface area contributed by atoms with Crippen molar-refractivity contribution in [3.8, 4) is 50.9 Å². The third-order valence-electron chi connectivity index (χ3n) is 12.8. The molecular weight excluding hydrogens is 1000 g/mol. The van der Waals surface area contributed by atoms with Crippen molar-refractivity contribution in [2.75, 3.05) is 0 Å². The molecule has 0 saturated heterocycles. The van der Waals surface area contributed by atoms with Gasteiger partial charge in [0.15, 0.2) is 0 Å². The Morgan fingerprint density at radius 2 is 1.16 bits per heavy atom.